The van der Waals surface area contributed by atoms with Gasteiger partial charge in [-0.2, -0.15) is 0 Å². The van der Waals surface area contributed by atoms with E-state index in [0.29, 0.717) is 23.2 Å². The molecule has 0 aromatic heterocycles. The van der Waals surface area contributed by atoms with Crippen LogP contribution in [-0.2, 0) is 4.74 Å². The van der Waals surface area contributed by atoms with E-state index >= 15 is 0 Å². The van der Waals surface area contributed by atoms with Gasteiger partial charge in [-0.1, -0.05) is 11.6 Å². The van der Waals surface area contributed by atoms with Gasteiger partial charge in [-0.3, -0.25) is 9.69 Å². The van der Waals surface area contributed by atoms with Crippen molar-refractivity contribution in [2.24, 2.45) is 0 Å². The maximum absolute atomic E-state index is 12.7. The van der Waals surface area contributed by atoms with Crippen molar-refractivity contribution in [3.63, 3.8) is 0 Å². The quantitative estimate of drug-likeness (QED) is 0.901. The number of halogens is 1. The van der Waals surface area contributed by atoms with Crippen molar-refractivity contribution in [3.05, 3.63) is 28.8 Å². The lowest BCUT2D eigenvalue weighted by molar-refractivity contribution is 0.0142. The van der Waals surface area contributed by atoms with Gasteiger partial charge in [-0.25, -0.2) is 0 Å². The molecule has 0 saturated carbocycles. The zero-order chi connectivity index (χ0) is 16.1. The highest BCUT2D eigenvalue weighted by molar-refractivity contribution is 6.31. The number of hydrogen-bond acceptors (Lipinski definition) is 4. The van der Waals surface area contributed by atoms with E-state index in [9.17, 15) is 4.79 Å². The second-order valence-electron chi connectivity index (χ2n) is 5.62. The van der Waals surface area contributed by atoms with Crippen LogP contribution in [0.1, 0.15) is 17.3 Å². The Labute approximate surface area is 137 Å². The summed E-state index contributed by atoms with van der Waals surface area (Å²) in [4.78, 5) is 16.8. The first-order chi connectivity index (χ1) is 10.5. The van der Waals surface area contributed by atoms with E-state index in [0.717, 1.165) is 32.0 Å². The highest BCUT2D eigenvalue weighted by Gasteiger charge is 2.22. The average Bonchev–Trinajstić information content (AvgIpc) is 2.54. The number of anilines is 1. The van der Waals surface area contributed by atoms with Gasteiger partial charge in [-0.15, -0.1) is 0 Å². The number of ether oxygens (including phenoxy) is 1. The second-order valence-corrected chi connectivity index (χ2v) is 6.06. The van der Waals surface area contributed by atoms with Crippen LogP contribution in [0.25, 0.3) is 0 Å². The van der Waals surface area contributed by atoms with Crippen molar-refractivity contribution in [1.82, 2.24) is 9.80 Å². The van der Waals surface area contributed by atoms with E-state index in [-0.39, 0.29) is 5.91 Å². The third kappa shape index (κ3) is 4.12. The summed E-state index contributed by atoms with van der Waals surface area (Å²) in [6, 6.07) is 5.62. The summed E-state index contributed by atoms with van der Waals surface area (Å²) in [6.45, 7) is 6.19. The van der Waals surface area contributed by atoms with Crippen LogP contribution in [0.4, 0.5) is 5.69 Å². The SMILES string of the molecule is CNc1ccc(Cl)cc1C(=O)N(C)C[C@H](C)N1CCOCC1. The highest BCUT2D eigenvalue weighted by Crippen LogP contribution is 2.22. The number of likely N-dealkylation sites (N-methyl/N-ethyl adjacent to an activating group) is 1. The summed E-state index contributed by atoms with van der Waals surface area (Å²) in [7, 11) is 3.63. The molecule has 1 saturated heterocycles. The Kier molecular flexibility index (Phi) is 6.06. The van der Waals surface area contributed by atoms with Crippen molar-refractivity contribution in [2.75, 3.05) is 52.3 Å². The number of carbonyl (C=O) groups is 1. The summed E-state index contributed by atoms with van der Waals surface area (Å²) in [5.41, 5.74) is 1.40. The van der Waals surface area contributed by atoms with Crippen molar-refractivity contribution in [3.8, 4) is 0 Å². The number of nitrogens with zero attached hydrogens (tertiary/aromatic N) is 2. The molecule has 22 heavy (non-hydrogen) atoms. The molecule has 1 aromatic rings. The molecule has 1 heterocycles. The lowest BCUT2D eigenvalue weighted by Gasteiger charge is -2.34. The Morgan fingerprint density at radius 2 is 2.14 bits per heavy atom. The van der Waals surface area contributed by atoms with Crippen molar-refractivity contribution in [2.45, 2.75) is 13.0 Å². The topological polar surface area (TPSA) is 44.8 Å². The van der Waals surface area contributed by atoms with Gasteiger partial charge < -0.3 is 15.0 Å². The molecule has 1 atom stereocenters. The molecule has 0 unspecified atom stereocenters. The molecule has 0 bridgehead atoms. The van der Waals surface area contributed by atoms with Gasteiger partial charge >= 0.3 is 0 Å². The Morgan fingerprint density at radius 1 is 1.45 bits per heavy atom. The van der Waals surface area contributed by atoms with Crippen LogP contribution < -0.4 is 5.32 Å². The molecular formula is C16H24ClN3O2. The van der Waals surface area contributed by atoms with Crippen LogP contribution in [-0.4, -0.2) is 68.7 Å². The molecule has 1 aromatic carbocycles. The minimum Gasteiger partial charge on any atom is -0.387 e. The average molecular weight is 326 g/mol. The largest absolute Gasteiger partial charge is 0.387 e. The number of amides is 1. The third-order valence-corrected chi connectivity index (χ3v) is 4.27. The first-order valence-electron chi connectivity index (χ1n) is 7.57. The van der Waals surface area contributed by atoms with Crippen LogP contribution in [0.3, 0.4) is 0 Å². The smallest absolute Gasteiger partial charge is 0.255 e. The molecule has 0 aliphatic carbocycles. The van der Waals surface area contributed by atoms with E-state index in [2.05, 4.69) is 17.1 Å². The number of nitrogens with one attached hydrogen (secondary N) is 1. The van der Waals surface area contributed by atoms with Crippen LogP contribution in [0.15, 0.2) is 18.2 Å². The molecule has 1 fully saturated rings. The standard InChI is InChI=1S/C16H24ClN3O2/c1-12(20-6-8-22-9-7-20)11-19(3)16(21)14-10-13(17)4-5-15(14)18-2/h4-5,10,12,18H,6-9,11H2,1-3H3/t12-/m0/s1. The minimum atomic E-state index is -0.0213. The minimum absolute atomic E-state index is 0.0213. The van der Waals surface area contributed by atoms with Crippen molar-refractivity contribution < 1.29 is 9.53 Å². The summed E-state index contributed by atoms with van der Waals surface area (Å²) in [6.07, 6.45) is 0. The molecule has 0 spiro atoms. The molecular weight excluding hydrogens is 302 g/mol. The molecule has 6 heteroatoms. The lowest BCUT2D eigenvalue weighted by atomic mass is 10.1. The fraction of sp³-hybridized carbons (Fsp3) is 0.562. The van der Waals surface area contributed by atoms with E-state index in [1.807, 2.05) is 13.1 Å². The zero-order valence-corrected chi connectivity index (χ0v) is 14.2. The maximum Gasteiger partial charge on any atom is 0.255 e. The van der Waals surface area contributed by atoms with Gasteiger partial charge in [-0.05, 0) is 25.1 Å². The van der Waals surface area contributed by atoms with Crippen LogP contribution in [0, 0.1) is 0 Å². The fourth-order valence-corrected chi connectivity index (χ4v) is 2.90. The Hall–Kier alpha value is -1.30. The van der Waals surface area contributed by atoms with Crippen LogP contribution >= 0.6 is 11.6 Å². The fourth-order valence-electron chi connectivity index (χ4n) is 2.73. The van der Waals surface area contributed by atoms with Crippen LogP contribution in [0.2, 0.25) is 5.02 Å². The number of rotatable bonds is 5. The second kappa shape index (κ2) is 7.81. The van der Waals surface area contributed by atoms with Crippen molar-refractivity contribution >= 4 is 23.2 Å². The summed E-state index contributed by atoms with van der Waals surface area (Å²) >= 11 is 6.03. The van der Waals surface area contributed by atoms with Gasteiger partial charge in [0.05, 0.1) is 18.8 Å². The summed E-state index contributed by atoms with van der Waals surface area (Å²) < 4.78 is 5.37. The van der Waals surface area contributed by atoms with E-state index in [1.54, 1.807) is 24.1 Å². The van der Waals surface area contributed by atoms with Gasteiger partial charge in [0.15, 0.2) is 0 Å². The predicted octanol–water partition coefficient (Wildman–Crippen LogP) is 2.17. The van der Waals surface area contributed by atoms with E-state index in [4.69, 9.17) is 16.3 Å². The highest BCUT2D eigenvalue weighted by atomic mass is 35.5. The normalized spacial score (nSPS) is 17.1. The summed E-state index contributed by atoms with van der Waals surface area (Å²) in [5.74, 6) is -0.0213. The predicted molar refractivity (Wildman–Crippen MR) is 89.8 cm³/mol. The maximum atomic E-state index is 12.7. The Bertz CT molecular complexity index is 518. The van der Waals surface area contributed by atoms with Crippen LogP contribution in [0.5, 0.6) is 0 Å². The lowest BCUT2D eigenvalue weighted by Crippen LogP contribution is -2.47. The van der Waals surface area contributed by atoms with Gasteiger partial charge in [0, 0.05) is 50.5 Å². The van der Waals surface area contributed by atoms with E-state index in [1.165, 1.54) is 0 Å². The molecule has 5 nitrogen and oxygen atoms in total. The number of carbonyl (C=O) groups excluding carboxylic acids is 1. The molecule has 1 amide bonds. The van der Waals surface area contributed by atoms with Crippen molar-refractivity contribution in [1.29, 1.82) is 0 Å². The number of benzene rings is 1. The number of morpholine rings is 1. The molecule has 0 radical (unpaired) electrons. The molecule has 1 aliphatic heterocycles. The van der Waals surface area contributed by atoms with Gasteiger partial charge in [0.1, 0.15) is 0 Å². The van der Waals surface area contributed by atoms with E-state index < -0.39 is 0 Å². The molecule has 122 valence electrons. The molecule has 1 N–H and O–H groups in total. The number of hydrogen-bond donors (Lipinski definition) is 1. The third-order valence-electron chi connectivity index (χ3n) is 4.04. The molecule has 1 aliphatic rings. The van der Waals surface area contributed by atoms with Gasteiger partial charge in [0.2, 0.25) is 0 Å². The molecule has 2 rings (SSSR count). The first-order valence-corrected chi connectivity index (χ1v) is 7.95. The Balaban J connectivity index is 2.03. The van der Waals surface area contributed by atoms with Gasteiger partial charge in [0.25, 0.3) is 5.91 Å². The monoisotopic (exact) mass is 325 g/mol. The first kappa shape index (κ1) is 17.1. The Morgan fingerprint density at radius 3 is 2.77 bits per heavy atom. The zero-order valence-electron chi connectivity index (χ0n) is 13.4. The summed E-state index contributed by atoms with van der Waals surface area (Å²) in [5, 5.41) is 3.61.